The number of hydrogen-bond donors (Lipinski definition) is 3. The van der Waals surface area contributed by atoms with E-state index >= 15 is 0 Å². The quantitative estimate of drug-likeness (QED) is 0.631. The van der Waals surface area contributed by atoms with E-state index in [1.165, 1.54) is 6.92 Å². The number of anilines is 2. The highest BCUT2D eigenvalue weighted by molar-refractivity contribution is 5.91. The molecule has 0 aliphatic rings. The van der Waals surface area contributed by atoms with Crippen molar-refractivity contribution >= 4 is 23.3 Å². The first kappa shape index (κ1) is 21.1. The molecule has 0 bridgehead atoms. The normalized spacial score (nSPS) is 11.3. The van der Waals surface area contributed by atoms with Crippen LogP contribution < -0.4 is 25.4 Å². The molecule has 0 saturated heterocycles. The van der Waals surface area contributed by atoms with Gasteiger partial charge in [0.25, 0.3) is 0 Å². The van der Waals surface area contributed by atoms with Crippen LogP contribution in [0.15, 0.2) is 42.5 Å². The van der Waals surface area contributed by atoms with Gasteiger partial charge in [0.15, 0.2) is 0 Å². The summed E-state index contributed by atoms with van der Waals surface area (Å²) in [6.07, 6.45) is 0. The maximum atomic E-state index is 12.5. The number of urea groups is 1. The molecule has 0 aliphatic heterocycles. The molecule has 0 aliphatic carbocycles. The van der Waals surface area contributed by atoms with Crippen LogP contribution in [0, 0.1) is 0 Å². The lowest BCUT2D eigenvalue weighted by atomic mass is 10.1. The van der Waals surface area contributed by atoms with Gasteiger partial charge in [-0.3, -0.25) is 4.79 Å². The number of carbonyl (C=O) groups excluding carboxylic acids is 2. The highest BCUT2D eigenvalue weighted by Crippen LogP contribution is 2.29. The molecule has 0 unspecified atom stereocenters. The summed E-state index contributed by atoms with van der Waals surface area (Å²) < 4.78 is 11.1. The van der Waals surface area contributed by atoms with E-state index in [0.29, 0.717) is 36.1 Å². The molecule has 0 heterocycles. The number of nitrogens with one attached hydrogen (secondary N) is 3. The predicted octanol–water partition coefficient (Wildman–Crippen LogP) is 4.33. The second-order valence-corrected chi connectivity index (χ2v) is 6.15. The summed E-state index contributed by atoms with van der Waals surface area (Å²) >= 11 is 0. The highest BCUT2D eigenvalue weighted by atomic mass is 16.5. The van der Waals surface area contributed by atoms with Crippen molar-refractivity contribution < 1.29 is 19.1 Å². The van der Waals surface area contributed by atoms with Crippen LogP contribution in [0.4, 0.5) is 16.2 Å². The minimum Gasteiger partial charge on any atom is -0.494 e. The molecule has 7 nitrogen and oxygen atoms in total. The molecule has 2 aromatic rings. The van der Waals surface area contributed by atoms with Crippen LogP contribution in [-0.4, -0.2) is 25.2 Å². The summed E-state index contributed by atoms with van der Waals surface area (Å²) in [4.78, 5) is 23.7. The number of carbonyl (C=O) groups is 2. The summed E-state index contributed by atoms with van der Waals surface area (Å²) in [5.41, 5.74) is 2.08. The van der Waals surface area contributed by atoms with E-state index in [-0.39, 0.29) is 18.0 Å². The van der Waals surface area contributed by atoms with Crippen molar-refractivity contribution in [3.63, 3.8) is 0 Å². The van der Waals surface area contributed by atoms with Gasteiger partial charge in [-0.1, -0.05) is 12.1 Å². The zero-order chi connectivity index (χ0) is 20.5. The molecule has 1 atom stereocenters. The van der Waals surface area contributed by atoms with Crippen LogP contribution >= 0.6 is 0 Å². The van der Waals surface area contributed by atoms with Crippen LogP contribution in [-0.2, 0) is 4.79 Å². The van der Waals surface area contributed by atoms with Gasteiger partial charge in [-0.05, 0) is 50.6 Å². The van der Waals surface area contributed by atoms with Gasteiger partial charge in [0.05, 0.1) is 24.9 Å². The lowest BCUT2D eigenvalue weighted by Gasteiger charge is -2.18. The van der Waals surface area contributed by atoms with Crippen molar-refractivity contribution in [3.05, 3.63) is 48.0 Å². The van der Waals surface area contributed by atoms with E-state index in [1.807, 2.05) is 39.0 Å². The number of amides is 3. The van der Waals surface area contributed by atoms with E-state index < -0.39 is 0 Å². The Morgan fingerprint density at radius 1 is 1.00 bits per heavy atom. The fourth-order valence-electron chi connectivity index (χ4n) is 2.67. The Hall–Kier alpha value is -3.22. The van der Waals surface area contributed by atoms with Crippen molar-refractivity contribution in [2.75, 3.05) is 23.8 Å². The van der Waals surface area contributed by atoms with E-state index in [4.69, 9.17) is 9.47 Å². The predicted molar refractivity (Wildman–Crippen MR) is 110 cm³/mol. The third-order valence-corrected chi connectivity index (χ3v) is 3.86. The molecule has 0 radical (unpaired) electrons. The number of hydrogen-bond acceptors (Lipinski definition) is 4. The van der Waals surface area contributed by atoms with E-state index in [0.717, 1.165) is 5.56 Å². The van der Waals surface area contributed by atoms with Gasteiger partial charge in [-0.25, -0.2) is 4.79 Å². The Morgan fingerprint density at radius 3 is 2.43 bits per heavy atom. The Balaban J connectivity index is 2.08. The van der Waals surface area contributed by atoms with Gasteiger partial charge < -0.3 is 25.4 Å². The molecular weight excluding hydrogens is 358 g/mol. The summed E-state index contributed by atoms with van der Waals surface area (Å²) in [6, 6.07) is 12.0. The van der Waals surface area contributed by atoms with Crippen LogP contribution in [0.2, 0.25) is 0 Å². The molecule has 0 spiro atoms. The molecule has 0 saturated carbocycles. The van der Waals surface area contributed by atoms with E-state index in [2.05, 4.69) is 16.0 Å². The Kier molecular flexibility index (Phi) is 7.68. The SMILES string of the molecule is CCOc1ccc(OCC)c(NC(=O)N[C@@H](C)c2cccc(NC(C)=O)c2)c1. The lowest BCUT2D eigenvalue weighted by Crippen LogP contribution is -2.31. The Morgan fingerprint density at radius 2 is 1.75 bits per heavy atom. The van der Waals surface area contributed by atoms with Gasteiger partial charge >= 0.3 is 6.03 Å². The Bertz CT molecular complexity index is 823. The molecule has 0 fully saturated rings. The molecule has 7 heteroatoms. The van der Waals surface area contributed by atoms with Gasteiger partial charge in [0.2, 0.25) is 5.91 Å². The fraction of sp³-hybridized carbons (Fsp3) is 0.333. The average molecular weight is 385 g/mol. The lowest BCUT2D eigenvalue weighted by molar-refractivity contribution is -0.114. The first-order chi connectivity index (χ1) is 13.4. The highest BCUT2D eigenvalue weighted by Gasteiger charge is 2.13. The smallest absolute Gasteiger partial charge is 0.319 e. The molecular formula is C21H27N3O4. The third-order valence-electron chi connectivity index (χ3n) is 3.86. The Labute approximate surface area is 165 Å². The number of ether oxygens (including phenoxy) is 2. The van der Waals surface area contributed by atoms with Crippen molar-refractivity contribution in [2.24, 2.45) is 0 Å². The second kappa shape index (κ2) is 10.2. The van der Waals surface area contributed by atoms with Crippen molar-refractivity contribution in [1.29, 1.82) is 0 Å². The van der Waals surface area contributed by atoms with Gasteiger partial charge in [-0.15, -0.1) is 0 Å². The fourth-order valence-corrected chi connectivity index (χ4v) is 2.67. The van der Waals surface area contributed by atoms with Crippen molar-refractivity contribution in [2.45, 2.75) is 33.7 Å². The first-order valence-corrected chi connectivity index (χ1v) is 9.27. The zero-order valence-electron chi connectivity index (χ0n) is 16.7. The maximum Gasteiger partial charge on any atom is 0.319 e. The molecule has 3 N–H and O–H groups in total. The topological polar surface area (TPSA) is 88.7 Å². The molecule has 0 aromatic heterocycles. The van der Waals surface area contributed by atoms with Crippen molar-refractivity contribution in [1.82, 2.24) is 5.32 Å². The molecule has 150 valence electrons. The monoisotopic (exact) mass is 385 g/mol. The molecule has 2 aromatic carbocycles. The third kappa shape index (κ3) is 6.19. The van der Waals surface area contributed by atoms with Gasteiger partial charge in [-0.2, -0.15) is 0 Å². The average Bonchev–Trinajstić information content (AvgIpc) is 2.64. The van der Waals surface area contributed by atoms with E-state index in [1.54, 1.807) is 24.3 Å². The van der Waals surface area contributed by atoms with Crippen LogP contribution in [0.1, 0.15) is 39.3 Å². The van der Waals surface area contributed by atoms with Gasteiger partial charge in [0.1, 0.15) is 11.5 Å². The van der Waals surface area contributed by atoms with Crippen LogP contribution in [0.5, 0.6) is 11.5 Å². The summed E-state index contributed by atoms with van der Waals surface area (Å²) in [5.74, 6) is 1.08. The molecule has 2 rings (SSSR count). The summed E-state index contributed by atoms with van der Waals surface area (Å²) in [6.45, 7) is 8.11. The summed E-state index contributed by atoms with van der Waals surface area (Å²) in [7, 11) is 0. The molecule has 3 amide bonds. The van der Waals surface area contributed by atoms with E-state index in [9.17, 15) is 9.59 Å². The first-order valence-electron chi connectivity index (χ1n) is 9.27. The maximum absolute atomic E-state index is 12.5. The van der Waals surface area contributed by atoms with Gasteiger partial charge in [0, 0.05) is 18.7 Å². The molecule has 28 heavy (non-hydrogen) atoms. The second-order valence-electron chi connectivity index (χ2n) is 6.15. The van der Waals surface area contributed by atoms with Crippen molar-refractivity contribution in [3.8, 4) is 11.5 Å². The van der Waals surface area contributed by atoms with Crippen LogP contribution in [0.3, 0.4) is 0 Å². The van der Waals surface area contributed by atoms with Crippen LogP contribution in [0.25, 0.3) is 0 Å². The largest absolute Gasteiger partial charge is 0.494 e. The number of benzene rings is 2. The summed E-state index contributed by atoms with van der Waals surface area (Å²) in [5, 5.41) is 8.44. The standard InChI is InChI=1S/C21H27N3O4/c1-5-27-18-10-11-20(28-6-2)19(13-18)24-21(26)22-14(3)16-8-7-9-17(12-16)23-15(4)25/h7-14H,5-6H2,1-4H3,(H,23,25)(H2,22,24,26)/t14-/m0/s1. The zero-order valence-corrected chi connectivity index (χ0v) is 16.7. The minimum atomic E-state index is -0.368. The minimum absolute atomic E-state index is 0.145. The number of rotatable bonds is 8.